The standard InChI is InChI=1S/C11H16N2O5S/c1-8(2)9(7-14)12-19(17,18)11-6-4-3-5-10(11)13(15)16/h3-6,8-9,12,14H,7H2,1-2H3/t9-/m0/s1. The third-order valence-corrected chi connectivity index (χ3v) is 4.20. The van der Waals surface area contributed by atoms with E-state index in [2.05, 4.69) is 4.72 Å². The molecular formula is C11H16N2O5S. The second kappa shape index (κ2) is 6.09. The van der Waals surface area contributed by atoms with Gasteiger partial charge in [-0.05, 0) is 12.0 Å². The zero-order valence-corrected chi connectivity index (χ0v) is 11.4. The Labute approximate surface area is 111 Å². The van der Waals surface area contributed by atoms with E-state index in [0.29, 0.717) is 0 Å². The molecule has 0 amide bonds. The Morgan fingerprint density at radius 2 is 1.95 bits per heavy atom. The van der Waals surface area contributed by atoms with Gasteiger partial charge in [-0.3, -0.25) is 10.1 Å². The number of nitrogens with zero attached hydrogens (tertiary/aromatic N) is 1. The summed E-state index contributed by atoms with van der Waals surface area (Å²) < 4.78 is 26.5. The summed E-state index contributed by atoms with van der Waals surface area (Å²) in [5, 5.41) is 19.9. The van der Waals surface area contributed by atoms with Gasteiger partial charge in [-0.25, -0.2) is 13.1 Å². The number of nitro benzene ring substituents is 1. The lowest BCUT2D eigenvalue weighted by molar-refractivity contribution is -0.387. The van der Waals surface area contributed by atoms with Crippen molar-refractivity contribution in [3.05, 3.63) is 34.4 Å². The summed E-state index contributed by atoms with van der Waals surface area (Å²) in [4.78, 5) is 9.67. The van der Waals surface area contributed by atoms with Gasteiger partial charge in [0, 0.05) is 12.1 Å². The number of hydrogen-bond acceptors (Lipinski definition) is 5. The first-order chi connectivity index (χ1) is 8.79. The van der Waals surface area contributed by atoms with Gasteiger partial charge in [0.1, 0.15) is 0 Å². The van der Waals surface area contributed by atoms with Crippen LogP contribution in [0.15, 0.2) is 29.2 Å². The van der Waals surface area contributed by atoms with E-state index < -0.39 is 31.6 Å². The summed E-state index contributed by atoms with van der Waals surface area (Å²) in [6, 6.07) is 4.39. The number of aliphatic hydroxyl groups is 1. The van der Waals surface area contributed by atoms with Gasteiger partial charge in [0.05, 0.1) is 11.5 Å². The van der Waals surface area contributed by atoms with E-state index in [1.807, 2.05) is 0 Å². The van der Waals surface area contributed by atoms with Crippen LogP contribution < -0.4 is 4.72 Å². The molecule has 0 aliphatic heterocycles. The molecule has 0 saturated heterocycles. The molecule has 2 N–H and O–H groups in total. The molecule has 7 nitrogen and oxygen atoms in total. The number of hydrogen-bond donors (Lipinski definition) is 2. The fourth-order valence-electron chi connectivity index (χ4n) is 1.48. The molecule has 0 bridgehead atoms. The number of rotatable bonds is 6. The van der Waals surface area contributed by atoms with Crippen LogP contribution in [-0.4, -0.2) is 31.1 Å². The monoisotopic (exact) mass is 288 g/mol. The van der Waals surface area contributed by atoms with Crippen LogP contribution in [0.3, 0.4) is 0 Å². The fraction of sp³-hybridized carbons (Fsp3) is 0.455. The molecule has 1 aromatic rings. The van der Waals surface area contributed by atoms with Crippen molar-refractivity contribution in [3.8, 4) is 0 Å². The smallest absolute Gasteiger partial charge is 0.289 e. The number of benzene rings is 1. The molecular weight excluding hydrogens is 272 g/mol. The van der Waals surface area contributed by atoms with Crippen LogP contribution in [0.1, 0.15) is 13.8 Å². The van der Waals surface area contributed by atoms with Gasteiger partial charge < -0.3 is 5.11 Å². The highest BCUT2D eigenvalue weighted by atomic mass is 32.2. The normalized spacial score (nSPS) is 13.5. The predicted molar refractivity (Wildman–Crippen MR) is 69.1 cm³/mol. The maximum absolute atomic E-state index is 12.1. The van der Waals surface area contributed by atoms with E-state index in [-0.39, 0.29) is 12.5 Å². The summed E-state index contributed by atoms with van der Waals surface area (Å²) in [5.41, 5.74) is -0.490. The van der Waals surface area contributed by atoms with Gasteiger partial charge in [0.2, 0.25) is 10.0 Å². The summed E-state index contributed by atoms with van der Waals surface area (Å²) in [6.07, 6.45) is 0. The predicted octanol–water partition coefficient (Wildman–Crippen LogP) is 0.890. The van der Waals surface area contributed by atoms with Gasteiger partial charge in [-0.1, -0.05) is 26.0 Å². The van der Waals surface area contributed by atoms with Gasteiger partial charge in [-0.2, -0.15) is 0 Å². The third-order valence-electron chi connectivity index (χ3n) is 2.66. The molecule has 0 radical (unpaired) electrons. The SMILES string of the molecule is CC(C)[C@H](CO)NS(=O)(=O)c1ccccc1[N+](=O)[O-]. The second-order valence-corrected chi connectivity index (χ2v) is 6.06. The second-order valence-electron chi connectivity index (χ2n) is 4.38. The van der Waals surface area contributed by atoms with Crippen LogP contribution in [0.25, 0.3) is 0 Å². The van der Waals surface area contributed by atoms with E-state index in [4.69, 9.17) is 5.11 Å². The molecule has 0 unspecified atom stereocenters. The zero-order chi connectivity index (χ0) is 14.6. The summed E-state index contributed by atoms with van der Waals surface area (Å²) in [6.45, 7) is 3.10. The Morgan fingerprint density at radius 1 is 1.37 bits per heavy atom. The fourth-order valence-corrected chi connectivity index (χ4v) is 3.03. The van der Waals surface area contributed by atoms with Crippen molar-refractivity contribution in [1.82, 2.24) is 4.72 Å². The molecule has 0 saturated carbocycles. The van der Waals surface area contributed by atoms with Gasteiger partial charge in [0.25, 0.3) is 5.69 Å². The molecule has 0 aliphatic rings. The first-order valence-electron chi connectivity index (χ1n) is 5.66. The highest BCUT2D eigenvalue weighted by molar-refractivity contribution is 7.89. The van der Waals surface area contributed by atoms with Crippen molar-refractivity contribution in [1.29, 1.82) is 0 Å². The van der Waals surface area contributed by atoms with Gasteiger partial charge in [-0.15, -0.1) is 0 Å². The average molecular weight is 288 g/mol. The van der Waals surface area contributed by atoms with Crippen LogP contribution in [-0.2, 0) is 10.0 Å². The minimum Gasteiger partial charge on any atom is -0.395 e. The van der Waals surface area contributed by atoms with Crippen molar-refractivity contribution in [3.63, 3.8) is 0 Å². The Hall–Kier alpha value is -1.51. The summed E-state index contributed by atoms with van der Waals surface area (Å²) >= 11 is 0. The highest BCUT2D eigenvalue weighted by Gasteiger charge is 2.28. The number of aliphatic hydroxyl groups excluding tert-OH is 1. The van der Waals surface area contributed by atoms with E-state index in [9.17, 15) is 18.5 Å². The first kappa shape index (κ1) is 15.5. The number of nitro groups is 1. The largest absolute Gasteiger partial charge is 0.395 e. The molecule has 8 heteroatoms. The Morgan fingerprint density at radius 3 is 2.42 bits per heavy atom. The van der Waals surface area contributed by atoms with E-state index in [1.54, 1.807) is 13.8 Å². The molecule has 0 spiro atoms. The Bertz CT molecular complexity index is 556. The topological polar surface area (TPSA) is 110 Å². The molecule has 1 rings (SSSR count). The van der Waals surface area contributed by atoms with E-state index in [1.165, 1.54) is 12.1 Å². The lowest BCUT2D eigenvalue weighted by Gasteiger charge is -2.19. The molecule has 0 fully saturated rings. The van der Waals surface area contributed by atoms with Crippen molar-refractivity contribution in [2.24, 2.45) is 5.92 Å². The maximum atomic E-state index is 12.1. The molecule has 19 heavy (non-hydrogen) atoms. The van der Waals surface area contributed by atoms with Crippen LogP contribution in [0.5, 0.6) is 0 Å². The molecule has 1 atom stereocenters. The number of para-hydroxylation sites is 1. The zero-order valence-electron chi connectivity index (χ0n) is 10.6. The minimum atomic E-state index is -4.04. The molecule has 0 aliphatic carbocycles. The quantitative estimate of drug-likeness (QED) is 0.596. The molecule has 0 aromatic heterocycles. The number of sulfonamides is 1. The third kappa shape index (κ3) is 3.72. The van der Waals surface area contributed by atoms with E-state index in [0.717, 1.165) is 12.1 Å². The summed E-state index contributed by atoms with van der Waals surface area (Å²) in [5.74, 6) is -0.137. The van der Waals surface area contributed by atoms with Crippen molar-refractivity contribution in [2.45, 2.75) is 24.8 Å². The Kier molecular flexibility index (Phi) is 4.98. The Balaban J connectivity index is 3.17. The van der Waals surface area contributed by atoms with Crippen molar-refractivity contribution >= 4 is 15.7 Å². The lowest BCUT2D eigenvalue weighted by Crippen LogP contribution is -2.41. The maximum Gasteiger partial charge on any atom is 0.289 e. The lowest BCUT2D eigenvalue weighted by atomic mass is 10.1. The highest BCUT2D eigenvalue weighted by Crippen LogP contribution is 2.23. The van der Waals surface area contributed by atoms with Crippen LogP contribution in [0, 0.1) is 16.0 Å². The van der Waals surface area contributed by atoms with Crippen LogP contribution >= 0.6 is 0 Å². The molecule has 106 valence electrons. The molecule has 0 heterocycles. The van der Waals surface area contributed by atoms with Crippen molar-refractivity contribution in [2.75, 3.05) is 6.61 Å². The van der Waals surface area contributed by atoms with Crippen LogP contribution in [0.2, 0.25) is 0 Å². The first-order valence-corrected chi connectivity index (χ1v) is 7.14. The van der Waals surface area contributed by atoms with E-state index >= 15 is 0 Å². The van der Waals surface area contributed by atoms with Gasteiger partial charge in [0.15, 0.2) is 4.90 Å². The van der Waals surface area contributed by atoms with Crippen molar-refractivity contribution < 1.29 is 18.4 Å². The number of nitrogens with one attached hydrogen (secondary N) is 1. The molecule has 1 aromatic carbocycles. The summed E-state index contributed by atoms with van der Waals surface area (Å²) in [7, 11) is -4.04. The minimum absolute atomic E-state index is 0.137. The van der Waals surface area contributed by atoms with Crippen LogP contribution in [0.4, 0.5) is 5.69 Å². The average Bonchev–Trinajstić information content (AvgIpc) is 2.35. The van der Waals surface area contributed by atoms with Gasteiger partial charge >= 0.3 is 0 Å².